The third-order valence-corrected chi connectivity index (χ3v) is 9.70. The summed E-state index contributed by atoms with van der Waals surface area (Å²) in [6.45, 7) is 12.4. The number of nitrogens with zero attached hydrogens (tertiary/aromatic N) is 2. The fourth-order valence-corrected chi connectivity index (χ4v) is 7.51. The molecule has 7 atom stereocenters. The van der Waals surface area contributed by atoms with Gasteiger partial charge in [0, 0.05) is 32.2 Å². The van der Waals surface area contributed by atoms with Crippen LogP contribution in [0, 0.1) is 11.8 Å². The number of aliphatic hydroxyl groups excluding tert-OH is 1. The van der Waals surface area contributed by atoms with Gasteiger partial charge in [0.05, 0.1) is 24.5 Å². The van der Waals surface area contributed by atoms with Gasteiger partial charge >= 0.3 is 5.97 Å². The molecular weight excluding hydrogens is 586 g/mol. The van der Waals surface area contributed by atoms with Crippen LogP contribution in [0.3, 0.4) is 0 Å². The van der Waals surface area contributed by atoms with Gasteiger partial charge in [0.15, 0.2) is 0 Å². The highest BCUT2D eigenvalue weighted by Crippen LogP contribution is 2.59. The van der Waals surface area contributed by atoms with E-state index in [4.69, 9.17) is 9.47 Å². The molecule has 2 N–H and O–H groups in total. The third kappa shape index (κ3) is 7.39. The number of ether oxygens (including phenoxy) is 2. The Bertz CT molecular complexity index is 1240. The number of carbonyl (C=O) groups is 4. The van der Waals surface area contributed by atoms with Gasteiger partial charge in [-0.2, -0.15) is 0 Å². The van der Waals surface area contributed by atoms with Crippen LogP contribution in [0.15, 0.2) is 55.6 Å². The number of unbranched alkanes of at least 4 members (excludes halogenated alkanes) is 2. The number of rotatable bonds is 19. The van der Waals surface area contributed by atoms with Crippen molar-refractivity contribution in [2.45, 2.75) is 102 Å². The van der Waals surface area contributed by atoms with Crippen molar-refractivity contribution in [2.75, 3.05) is 26.2 Å². The first-order valence-electron chi connectivity index (χ1n) is 16.9. The fourth-order valence-electron chi connectivity index (χ4n) is 7.51. The number of amides is 3. The first-order valence-corrected chi connectivity index (χ1v) is 16.9. The largest absolute Gasteiger partial charge is 0.455 e. The van der Waals surface area contributed by atoms with Crippen LogP contribution in [0.4, 0.5) is 0 Å². The lowest BCUT2D eigenvalue weighted by Crippen LogP contribution is -2.57. The van der Waals surface area contributed by atoms with Gasteiger partial charge in [0.1, 0.15) is 17.7 Å². The molecule has 3 saturated heterocycles. The molecule has 10 heteroatoms. The minimum atomic E-state index is -1.13. The molecule has 3 aliphatic heterocycles. The topological polar surface area (TPSA) is 125 Å². The molecule has 0 aromatic heterocycles. The normalized spacial score (nSPS) is 25.9. The van der Waals surface area contributed by atoms with Crippen LogP contribution in [0.1, 0.15) is 83.3 Å². The van der Waals surface area contributed by atoms with Gasteiger partial charge in [-0.3, -0.25) is 19.2 Å². The second-order valence-electron chi connectivity index (χ2n) is 12.8. The second kappa shape index (κ2) is 16.4. The molecular formula is C36H51N3O7. The average molecular weight is 638 g/mol. The molecule has 3 amide bonds. The van der Waals surface area contributed by atoms with Crippen LogP contribution in [0.25, 0.3) is 0 Å². The number of benzene rings is 1. The Morgan fingerprint density at radius 1 is 1.20 bits per heavy atom. The van der Waals surface area contributed by atoms with E-state index in [2.05, 4.69) is 25.4 Å². The zero-order chi connectivity index (χ0) is 33.3. The van der Waals surface area contributed by atoms with Crippen LogP contribution in [-0.2, 0) is 28.7 Å². The number of hydrogen-bond acceptors (Lipinski definition) is 7. The Balaban J connectivity index is 1.63. The molecule has 0 radical (unpaired) electrons. The second-order valence-corrected chi connectivity index (χ2v) is 12.8. The van der Waals surface area contributed by atoms with E-state index in [9.17, 15) is 24.3 Å². The van der Waals surface area contributed by atoms with Crippen molar-refractivity contribution >= 4 is 23.7 Å². The Hall–Kier alpha value is -3.50. The van der Waals surface area contributed by atoms with Crippen molar-refractivity contribution in [1.29, 1.82) is 0 Å². The maximum atomic E-state index is 14.5. The molecule has 3 aliphatic rings. The van der Waals surface area contributed by atoms with Crippen molar-refractivity contribution in [1.82, 2.24) is 15.1 Å². The summed E-state index contributed by atoms with van der Waals surface area (Å²) < 4.78 is 12.7. The van der Waals surface area contributed by atoms with Gasteiger partial charge in [-0.05, 0) is 57.4 Å². The van der Waals surface area contributed by atoms with Gasteiger partial charge in [-0.1, -0.05) is 55.8 Å². The summed E-state index contributed by atoms with van der Waals surface area (Å²) in [5, 5.41) is 12.2. The summed E-state index contributed by atoms with van der Waals surface area (Å²) in [6, 6.07) is 8.28. The van der Waals surface area contributed by atoms with Crippen molar-refractivity contribution < 1.29 is 33.8 Å². The van der Waals surface area contributed by atoms with Gasteiger partial charge < -0.3 is 29.7 Å². The van der Waals surface area contributed by atoms with Crippen LogP contribution >= 0.6 is 0 Å². The molecule has 0 saturated carbocycles. The Morgan fingerprint density at radius 2 is 1.96 bits per heavy atom. The van der Waals surface area contributed by atoms with E-state index in [-0.39, 0.29) is 43.3 Å². The summed E-state index contributed by atoms with van der Waals surface area (Å²) in [5.41, 5.74) is -0.411. The molecule has 1 aromatic rings. The van der Waals surface area contributed by atoms with Crippen molar-refractivity contribution in [3.05, 3.63) is 61.2 Å². The lowest BCUT2D eigenvalue weighted by Gasteiger charge is -2.39. The molecule has 3 fully saturated rings. The number of carbonyl (C=O) groups excluding carboxylic acids is 4. The van der Waals surface area contributed by atoms with Crippen LogP contribution in [0.2, 0.25) is 0 Å². The van der Waals surface area contributed by atoms with Crippen LogP contribution in [-0.4, -0.2) is 88.6 Å². The predicted octanol–water partition coefficient (Wildman–Crippen LogP) is 4.09. The van der Waals surface area contributed by atoms with Crippen LogP contribution in [0.5, 0.6) is 0 Å². The first kappa shape index (κ1) is 35.4. The van der Waals surface area contributed by atoms with Gasteiger partial charge in [-0.25, -0.2) is 0 Å². The highest BCUT2D eigenvalue weighted by atomic mass is 16.6. The monoisotopic (exact) mass is 637 g/mol. The average Bonchev–Trinajstić information content (AvgIpc) is 3.70. The molecule has 4 rings (SSSR count). The minimum Gasteiger partial charge on any atom is -0.455 e. The Kier molecular flexibility index (Phi) is 12.6. The summed E-state index contributed by atoms with van der Waals surface area (Å²) in [4.78, 5) is 58.8. The van der Waals surface area contributed by atoms with Crippen molar-refractivity contribution in [3.63, 3.8) is 0 Å². The van der Waals surface area contributed by atoms with Crippen molar-refractivity contribution in [3.8, 4) is 0 Å². The van der Waals surface area contributed by atoms with E-state index in [1.165, 1.54) is 0 Å². The fraction of sp³-hybridized carbons (Fsp3) is 0.611. The molecule has 3 heterocycles. The maximum Gasteiger partial charge on any atom is 0.313 e. The van der Waals surface area contributed by atoms with Gasteiger partial charge in [0.2, 0.25) is 17.7 Å². The van der Waals surface area contributed by atoms with E-state index in [1.807, 2.05) is 37.3 Å². The Labute approximate surface area is 273 Å². The lowest BCUT2D eigenvalue weighted by atomic mass is 9.70. The first-order chi connectivity index (χ1) is 22.2. The smallest absolute Gasteiger partial charge is 0.313 e. The number of likely N-dealkylation sites (tertiary alicyclic amines) is 1. The zero-order valence-electron chi connectivity index (χ0n) is 27.4. The molecule has 10 nitrogen and oxygen atoms in total. The molecule has 46 heavy (non-hydrogen) atoms. The molecule has 1 unspecified atom stereocenters. The van der Waals surface area contributed by atoms with E-state index >= 15 is 0 Å². The standard InChI is InChI=1S/C36H51N3O7/c1-5-8-18-29(41)37-24-28(26-16-11-9-12-17-26)45-35(44)30-27-19-20-36(46-27)31(30)33(42)39(22-13-10-14-23-40)32(36)34(43)38(21-7-3)25(4)15-6-2/h5,7,9,11-12,16-17,25,27-28,30-32,40H,1,3,6,8,10,13-15,18-24H2,2,4H3,(H,37,41)/t25?,27-,28-,30+,31+,32-,36+/m0/s1. The number of esters is 1. The van der Waals surface area contributed by atoms with E-state index in [0.717, 1.165) is 18.4 Å². The molecule has 1 aromatic carbocycles. The number of nitrogens with one attached hydrogen (secondary N) is 1. The van der Waals surface area contributed by atoms with E-state index < -0.39 is 41.7 Å². The quantitative estimate of drug-likeness (QED) is 0.133. The zero-order valence-corrected chi connectivity index (χ0v) is 27.4. The predicted molar refractivity (Wildman–Crippen MR) is 174 cm³/mol. The van der Waals surface area contributed by atoms with E-state index in [0.29, 0.717) is 51.6 Å². The summed E-state index contributed by atoms with van der Waals surface area (Å²) in [7, 11) is 0. The third-order valence-electron chi connectivity index (χ3n) is 9.70. The number of fused-ring (bicyclic) bond motifs is 1. The highest BCUT2D eigenvalue weighted by molar-refractivity contribution is 5.98. The number of allylic oxidation sites excluding steroid dienone is 1. The summed E-state index contributed by atoms with van der Waals surface area (Å²) >= 11 is 0. The lowest BCUT2D eigenvalue weighted by molar-refractivity contribution is -0.160. The van der Waals surface area contributed by atoms with Crippen LogP contribution < -0.4 is 5.32 Å². The number of aliphatic hydroxyl groups is 1. The van der Waals surface area contributed by atoms with Gasteiger partial charge in [0.25, 0.3) is 0 Å². The molecule has 0 aliphatic carbocycles. The maximum absolute atomic E-state index is 14.5. The molecule has 1 spiro atoms. The summed E-state index contributed by atoms with van der Waals surface area (Å²) in [6.07, 6.45) is 7.52. The summed E-state index contributed by atoms with van der Waals surface area (Å²) in [5.74, 6) is -2.90. The number of hydrogen-bond donors (Lipinski definition) is 2. The minimum absolute atomic E-state index is 0.0561. The Morgan fingerprint density at radius 3 is 2.63 bits per heavy atom. The van der Waals surface area contributed by atoms with E-state index in [1.54, 1.807) is 22.0 Å². The SMILES string of the molecule is C=CCCC(=O)NC[C@H](OC(=O)[C@@H]1[C@@H]2CC[C@]3(O2)[C@H](C(=O)N(CC=C)C(C)CCC)N(CCCCCO)C(=O)[C@@H]13)c1ccccc1. The molecule has 2 bridgehead atoms. The van der Waals surface area contributed by atoms with Crippen molar-refractivity contribution in [2.24, 2.45) is 11.8 Å². The van der Waals surface area contributed by atoms with Gasteiger partial charge in [-0.15, -0.1) is 13.2 Å². The molecule has 252 valence electrons. The highest BCUT2D eigenvalue weighted by Gasteiger charge is 2.75.